The summed E-state index contributed by atoms with van der Waals surface area (Å²) in [5.74, 6) is -3.23. The van der Waals surface area contributed by atoms with E-state index in [1.807, 2.05) is 0 Å². The van der Waals surface area contributed by atoms with Gasteiger partial charge in [0, 0.05) is 31.6 Å². The molecule has 94 valence electrons. The van der Waals surface area contributed by atoms with Crippen LogP contribution in [0.25, 0.3) is 0 Å². The summed E-state index contributed by atoms with van der Waals surface area (Å²) in [5.41, 5.74) is -0.421. The lowest BCUT2D eigenvalue weighted by Gasteiger charge is -2.08. The fourth-order valence-electron chi connectivity index (χ4n) is 1.30. The molecule has 1 amide bonds. The largest absolute Gasteiger partial charge is 0.380 e. The third kappa shape index (κ3) is 3.97. The lowest BCUT2D eigenvalue weighted by Crippen LogP contribution is -2.25. The molecule has 0 saturated carbocycles. The number of nitrogens with one attached hydrogen (secondary N) is 2. The highest BCUT2D eigenvalue weighted by atomic mass is 19.1. The Morgan fingerprint density at radius 3 is 2.35 bits per heavy atom. The van der Waals surface area contributed by atoms with Crippen LogP contribution in [-0.2, 0) is 4.79 Å². The van der Waals surface area contributed by atoms with Crippen molar-refractivity contribution in [1.82, 2.24) is 5.32 Å². The van der Waals surface area contributed by atoms with Gasteiger partial charge in [0.2, 0.25) is 5.91 Å². The van der Waals surface area contributed by atoms with E-state index in [9.17, 15) is 18.0 Å². The van der Waals surface area contributed by atoms with E-state index in [0.29, 0.717) is 18.7 Å². The second-order valence-corrected chi connectivity index (χ2v) is 3.37. The first-order valence-corrected chi connectivity index (χ1v) is 5.19. The first kappa shape index (κ1) is 13.3. The molecule has 6 heteroatoms. The zero-order chi connectivity index (χ0) is 12.8. The van der Waals surface area contributed by atoms with Crippen LogP contribution in [0.4, 0.5) is 18.9 Å². The molecule has 0 fully saturated rings. The number of rotatable bonds is 5. The fourth-order valence-corrected chi connectivity index (χ4v) is 1.30. The van der Waals surface area contributed by atoms with Crippen molar-refractivity contribution < 1.29 is 18.0 Å². The number of amides is 1. The zero-order valence-corrected chi connectivity index (χ0v) is 9.32. The first-order valence-electron chi connectivity index (χ1n) is 5.19. The highest BCUT2D eigenvalue weighted by Crippen LogP contribution is 2.19. The van der Waals surface area contributed by atoms with E-state index in [2.05, 4.69) is 10.6 Å². The van der Waals surface area contributed by atoms with Crippen LogP contribution >= 0.6 is 0 Å². The van der Waals surface area contributed by atoms with Gasteiger partial charge in [-0.3, -0.25) is 4.79 Å². The molecule has 0 radical (unpaired) electrons. The molecule has 17 heavy (non-hydrogen) atoms. The fraction of sp³-hybridized carbons (Fsp3) is 0.364. The number of carbonyl (C=O) groups is 1. The van der Waals surface area contributed by atoms with E-state index in [1.165, 1.54) is 0 Å². The Bertz CT molecular complexity index is 387. The van der Waals surface area contributed by atoms with Crippen LogP contribution in [0.3, 0.4) is 0 Å². The average molecular weight is 246 g/mol. The Morgan fingerprint density at radius 1 is 1.24 bits per heavy atom. The van der Waals surface area contributed by atoms with Gasteiger partial charge < -0.3 is 10.6 Å². The second-order valence-electron chi connectivity index (χ2n) is 3.37. The third-order valence-corrected chi connectivity index (χ3v) is 2.03. The molecule has 0 unspecified atom stereocenters. The molecule has 0 aliphatic rings. The van der Waals surface area contributed by atoms with Crippen molar-refractivity contribution in [3.8, 4) is 0 Å². The van der Waals surface area contributed by atoms with Gasteiger partial charge in [0.1, 0.15) is 11.5 Å². The summed E-state index contributed by atoms with van der Waals surface area (Å²) in [5, 5.41) is 4.96. The molecule has 0 aliphatic heterocycles. The summed E-state index contributed by atoms with van der Waals surface area (Å²) in [4.78, 5) is 11.1. The molecule has 0 aliphatic carbocycles. The minimum absolute atomic E-state index is 0.0747. The van der Waals surface area contributed by atoms with E-state index in [0.717, 1.165) is 0 Å². The molecular formula is C11H13F3N2O. The van der Waals surface area contributed by atoms with Crippen molar-refractivity contribution in [3.63, 3.8) is 0 Å². The second kappa shape index (κ2) is 6.12. The van der Waals surface area contributed by atoms with Crippen LogP contribution in [0.1, 0.15) is 13.3 Å². The normalized spacial score (nSPS) is 10.1. The summed E-state index contributed by atoms with van der Waals surface area (Å²) in [6, 6.07) is 1.16. The van der Waals surface area contributed by atoms with Crippen molar-refractivity contribution >= 4 is 11.6 Å². The van der Waals surface area contributed by atoms with E-state index >= 15 is 0 Å². The number of anilines is 1. The van der Waals surface area contributed by atoms with Crippen LogP contribution in [0.2, 0.25) is 0 Å². The number of hydrogen-bond donors (Lipinski definition) is 2. The molecule has 1 rings (SSSR count). The first-order chi connectivity index (χ1) is 8.04. The molecule has 0 spiro atoms. The van der Waals surface area contributed by atoms with Gasteiger partial charge in [0.15, 0.2) is 11.6 Å². The number of carbonyl (C=O) groups excluding carboxylic acids is 1. The van der Waals surface area contributed by atoms with Crippen molar-refractivity contribution in [2.45, 2.75) is 13.3 Å². The van der Waals surface area contributed by atoms with Gasteiger partial charge in [-0.25, -0.2) is 13.2 Å². The number of hydrogen-bond acceptors (Lipinski definition) is 2. The highest BCUT2D eigenvalue weighted by Gasteiger charge is 2.11. The SMILES string of the molecule is CCNC(=O)CCNc1c(F)cc(F)cc1F. The quantitative estimate of drug-likeness (QED) is 0.834. The van der Waals surface area contributed by atoms with Crippen LogP contribution in [0.15, 0.2) is 12.1 Å². The van der Waals surface area contributed by atoms with E-state index in [-0.39, 0.29) is 18.9 Å². The Kier molecular flexibility index (Phi) is 4.81. The van der Waals surface area contributed by atoms with E-state index in [4.69, 9.17) is 0 Å². The van der Waals surface area contributed by atoms with Gasteiger partial charge in [0.25, 0.3) is 0 Å². The van der Waals surface area contributed by atoms with Crippen molar-refractivity contribution in [3.05, 3.63) is 29.6 Å². The van der Waals surface area contributed by atoms with Crippen molar-refractivity contribution in [2.24, 2.45) is 0 Å². The highest BCUT2D eigenvalue weighted by molar-refractivity contribution is 5.76. The predicted molar refractivity (Wildman–Crippen MR) is 58.1 cm³/mol. The molecule has 0 atom stereocenters. The maximum absolute atomic E-state index is 13.1. The Hall–Kier alpha value is -1.72. The summed E-state index contributed by atoms with van der Waals surface area (Å²) < 4.78 is 38.9. The number of halogens is 3. The smallest absolute Gasteiger partial charge is 0.221 e. The lowest BCUT2D eigenvalue weighted by atomic mass is 10.2. The van der Waals surface area contributed by atoms with Crippen LogP contribution in [0, 0.1) is 17.5 Å². The molecule has 2 N–H and O–H groups in total. The molecular weight excluding hydrogens is 233 g/mol. The van der Waals surface area contributed by atoms with Crippen LogP contribution in [-0.4, -0.2) is 19.0 Å². The molecule has 1 aromatic rings. The number of benzene rings is 1. The van der Waals surface area contributed by atoms with Gasteiger partial charge in [-0.1, -0.05) is 0 Å². The minimum Gasteiger partial charge on any atom is -0.380 e. The average Bonchev–Trinajstić information content (AvgIpc) is 2.22. The summed E-state index contributed by atoms with van der Waals surface area (Å²) in [6.45, 7) is 2.34. The molecule has 0 aromatic heterocycles. The molecule has 3 nitrogen and oxygen atoms in total. The van der Waals surface area contributed by atoms with Gasteiger partial charge in [0.05, 0.1) is 0 Å². The molecule has 1 aromatic carbocycles. The lowest BCUT2D eigenvalue weighted by molar-refractivity contribution is -0.120. The van der Waals surface area contributed by atoms with Gasteiger partial charge >= 0.3 is 0 Å². The monoisotopic (exact) mass is 246 g/mol. The standard InChI is InChI=1S/C11H13F3N2O/c1-2-15-10(17)3-4-16-11-8(13)5-7(12)6-9(11)14/h5-6,16H,2-4H2,1H3,(H,15,17). The van der Waals surface area contributed by atoms with E-state index in [1.54, 1.807) is 6.92 Å². The van der Waals surface area contributed by atoms with Crippen LogP contribution < -0.4 is 10.6 Å². The maximum Gasteiger partial charge on any atom is 0.221 e. The Labute approximate surface area is 97.0 Å². The van der Waals surface area contributed by atoms with Gasteiger partial charge in [-0.15, -0.1) is 0 Å². The summed E-state index contributed by atoms with van der Waals surface area (Å²) in [6.07, 6.45) is 0.0874. The summed E-state index contributed by atoms with van der Waals surface area (Å²) in [7, 11) is 0. The topological polar surface area (TPSA) is 41.1 Å². The predicted octanol–water partition coefficient (Wildman–Crippen LogP) is 2.04. The Morgan fingerprint density at radius 2 is 1.82 bits per heavy atom. The molecule has 0 saturated heterocycles. The minimum atomic E-state index is -1.02. The van der Waals surface area contributed by atoms with Gasteiger partial charge in [-0.05, 0) is 6.92 Å². The zero-order valence-electron chi connectivity index (χ0n) is 9.32. The maximum atomic E-state index is 13.1. The van der Waals surface area contributed by atoms with Gasteiger partial charge in [-0.2, -0.15) is 0 Å². The van der Waals surface area contributed by atoms with E-state index < -0.39 is 23.1 Å². The van der Waals surface area contributed by atoms with Crippen LogP contribution in [0.5, 0.6) is 0 Å². The Balaban J connectivity index is 2.55. The van der Waals surface area contributed by atoms with Crippen molar-refractivity contribution in [1.29, 1.82) is 0 Å². The third-order valence-electron chi connectivity index (χ3n) is 2.03. The van der Waals surface area contributed by atoms with Crippen molar-refractivity contribution in [2.75, 3.05) is 18.4 Å². The summed E-state index contributed by atoms with van der Waals surface area (Å²) >= 11 is 0. The molecule has 0 bridgehead atoms. The molecule has 0 heterocycles.